The molecule has 0 aliphatic rings. The average molecular weight is 256 g/mol. The van der Waals surface area contributed by atoms with Crippen LogP contribution < -0.4 is 0 Å². The lowest BCUT2D eigenvalue weighted by Gasteiger charge is -2.06. The number of alkyl halides is 3. The molecule has 1 aromatic heterocycles. The van der Waals surface area contributed by atoms with Gasteiger partial charge in [0.1, 0.15) is 5.69 Å². The third kappa shape index (κ3) is 5.95. The fraction of sp³-hybridized carbons (Fsp3) is 0.545. The van der Waals surface area contributed by atoms with Gasteiger partial charge in [0.15, 0.2) is 0 Å². The van der Waals surface area contributed by atoms with Gasteiger partial charge in [-0.05, 0) is 18.6 Å². The fourth-order valence-electron chi connectivity index (χ4n) is 0.694. The number of hydrogen-bond donors (Lipinski definition) is 0. The van der Waals surface area contributed by atoms with Gasteiger partial charge in [-0.25, -0.2) is 0 Å². The lowest BCUT2D eigenvalue weighted by molar-refractivity contribution is -0.141. The molecule has 0 N–H and O–H groups in total. The number of rotatable bonds is 0. The molecule has 0 aliphatic carbocycles. The quantitative estimate of drug-likeness (QED) is 0.627. The topological polar surface area (TPSA) is 12.9 Å². The molecule has 0 unspecified atom stereocenters. The summed E-state index contributed by atoms with van der Waals surface area (Å²) >= 11 is 5.50. The summed E-state index contributed by atoms with van der Waals surface area (Å²) in [5.41, 5.74) is -0.539. The Morgan fingerprint density at radius 1 is 1.12 bits per heavy atom. The lowest BCUT2D eigenvalue weighted by atomic mass is 10.2. The predicted octanol–water partition coefficient (Wildman–Crippen LogP) is 5.11. The summed E-state index contributed by atoms with van der Waals surface area (Å²) in [6.45, 7) is 9.50. The maximum absolute atomic E-state index is 12.0. The van der Waals surface area contributed by atoms with Gasteiger partial charge in [-0.3, -0.25) is 4.98 Å². The summed E-state index contributed by atoms with van der Waals surface area (Å²) in [6, 6.07) is 0.919. The first-order valence-electron chi connectivity index (χ1n) is 5.10. The Hall–Kier alpha value is -0.770. The standard InChI is InChI=1S/C7H5ClF3N.2C2H6/c1-4-2-6(7(9,10)11)12-3-5(4)8;2*1-2/h2-3H,1H3;2*1-2H3. The van der Waals surface area contributed by atoms with Crippen molar-refractivity contribution < 1.29 is 13.2 Å². The summed E-state index contributed by atoms with van der Waals surface area (Å²) in [7, 11) is 0. The average Bonchev–Trinajstić information content (AvgIpc) is 2.26. The summed E-state index contributed by atoms with van der Waals surface area (Å²) in [5, 5.41) is 0.239. The number of hydrogen-bond acceptors (Lipinski definition) is 1. The van der Waals surface area contributed by atoms with Crippen LogP contribution in [0.3, 0.4) is 0 Å². The minimum absolute atomic E-state index is 0.239. The van der Waals surface area contributed by atoms with Gasteiger partial charge in [-0.2, -0.15) is 13.2 Å². The molecule has 0 aromatic carbocycles. The van der Waals surface area contributed by atoms with Gasteiger partial charge < -0.3 is 0 Å². The van der Waals surface area contributed by atoms with E-state index in [9.17, 15) is 13.2 Å². The zero-order valence-electron chi connectivity index (χ0n) is 10.1. The third-order valence-corrected chi connectivity index (χ3v) is 1.73. The van der Waals surface area contributed by atoms with E-state index in [1.54, 1.807) is 0 Å². The van der Waals surface area contributed by atoms with E-state index in [1.165, 1.54) is 6.92 Å². The monoisotopic (exact) mass is 255 g/mol. The van der Waals surface area contributed by atoms with Crippen molar-refractivity contribution in [1.29, 1.82) is 0 Å². The molecule has 94 valence electrons. The zero-order valence-corrected chi connectivity index (χ0v) is 10.9. The summed E-state index contributed by atoms with van der Waals surface area (Å²) in [6.07, 6.45) is -3.39. The van der Waals surface area contributed by atoms with Gasteiger partial charge >= 0.3 is 6.18 Å². The Morgan fingerprint density at radius 3 is 1.88 bits per heavy atom. The van der Waals surface area contributed by atoms with Crippen LogP contribution in [-0.4, -0.2) is 4.98 Å². The fourth-order valence-corrected chi connectivity index (χ4v) is 0.798. The molecule has 0 radical (unpaired) electrons. The highest BCUT2D eigenvalue weighted by Gasteiger charge is 2.32. The normalized spacial score (nSPS) is 9.56. The van der Waals surface area contributed by atoms with Crippen LogP contribution in [-0.2, 0) is 6.18 Å². The largest absolute Gasteiger partial charge is 0.433 e. The molecule has 0 spiro atoms. The number of nitrogens with zero attached hydrogens (tertiary/aromatic N) is 1. The summed E-state index contributed by atoms with van der Waals surface area (Å²) in [4.78, 5) is 3.15. The highest BCUT2D eigenvalue weighted by Crippen LogP contribution is 2.29. The molecule has 1 heterocycles. The summed E-state index contributed by atoms with van der Waals surface area (Å²) in [5.74, 6) is 0. The highest BCUT2D eigenvalue weighted by molar-refractivity contribution is 6.31. The Morgan fingerprint density at radius 2 is 1.56 bits per heavy atom. The van der Waals surface area contributed by atoms with Crippen LogP contribution in [0.2, 0.25) is 5.02 Å². The van der Waals surface area contributed by atoms with Crippen LogP contribution in [0.1, 0.15) is 39.0 Å². The van der Waals surface area contributed by atoms with Gasteiger partial charge in [0, 0.05) is 6.20 Å². The van der Waals surface area contributed by atoms with Crippen molar-refractivity contribution in [2.24, 2.45) is 0 Å². The molecular formula is C11H17ClF3N. The predicted molar refractivity (Wildman–Crippen MR) is 61.7 cm³/mol. The molecule has 0 saturated heterocycles. The molecular weight excluding hydrogens is 239 g/mol. The summed E-state index contributed by atoms with van der Waals surface area (Å²) < 4.78 is 36.0. The van der Waals surface area contributed by atoms with Gasteiger partial charge in [0.2, 0.25) is 0 Å². The molecule has 0 fully saturated rings. The number of halogens is 4. The second-order valence-electron chi connectivity index (χ2n) is 2.32. The Bertz CT molecular complexity index is 298. The van der Waals surface area contributed by atoms with Crippen molar-refractivity contribution >= 4 is 11.6 Å². The van der Waals surface area contributed by atoms with Crippen LogP contribution in [0.4, 0.5) is 13.2 Å². The first kappa shape index (κ1) is 17.6. The van der Waals surface area contributed by atoms with Gasteiger partial charge in [0.25, 0.3) is 0 Å². The van der Waals surface area contributed by atoms with Crippen molar-refractivity contribution in [3.8, 4) is 0 Å². The Balaban J connectivity index is 0. The second-order valence-corrected chi connectivity index (χ2v) is 2.72. The molecule has 5 heteroatoms. The first-order valence-corrected chi connectivity index (χ1v) is 5.48. The van der Waals surface area contributed by atoms with Gasteiger partial charge in [-0.1, -0.05) is 39.3 Å². The van der Waals surface area contributed by atoms with Crippen molar-refractivity contribution in [2.45, 2.75) is 40.8 Å². The van der Waals surface area contributed by atoms with Crippen LogP contribution in [0.15, 0.2) is 12.3 Å². The van der Waals surface area contributed by atoms with Crippen molar-refractivity contribution in [3.05, 3.63) is 28.5 Å². The minimum atomic E-state index is -4.39. The smallest absolute Gasteiger partial charge is 0.250 e. The Kier molecular flexibility index (Phi) is 9.24. The second kappa shape index (κ2) is 8.39. The molecule has 0 aliphatic heterocycles. The van der Waals surface area contributed by atoms with Crippen LogP contribution >= 0.6 is 11.6 Å². The molecule has 16 heavy (non-hydrogen) atoms. The zero-order chi connectivity index (χ0) is 13.4. The molecule has 0 amide bonds. The SMILES string of the molecule is CC.CC.Cc1cc(C(F)(F)F)ncc1Cl. The number of pyridine rings is 1. The van der Waals surface area contributed by atoms with Crippen molar-refractivity contribution in [1.82, 2.24) is 4.98 Å². The molecule has 1 nitrogen and oxygen atoms in total. The molecule has 0 bridgehead atoms. The number of aromatic nitrogens is 1. The first-order chi connectivity index (χ1) is 7.41. The third-order valence-electron chi connectivity index (χ3n) is 1.34. The van der Waals surface area contributed by atoms with E-state index in [1.807, 2.05) is 27.7 Å². The minimum Gasteiger partial charge on any atom is -0.250 e. The van der Waals surface area contributed by atoms with Crippen LogP contribution in [0.5, 0.6) is 0 Å². The van der Waals surface area contributed by atoms with Crippen LogP contribution in [0.25, 0.3) is 0 Å². The van der Waals surface area contributed by atoms with Gasteiger partial charge in [-0.15, -0.1) is 0 Å². The van der Waals surface area contributed by atoms with E-state index in [2.05, 4.69) is 4.98 Å². The molecule has 1 aromatic rings. The van der Waals surface area contributed by atoms with E-state index in [4.69, 9.17) is 11.6 Å². The van der Waals surface area contributed by atoms with E-state index in [0.717, 1.165) is 12.3 Å². The Labute approximate surface area is 99.7 Å². The molecule has 0 atom stereocenters. The number of aryl methyl sites for hydroxylation is 1. The van der Waals surface area contributed by atoms with Crippen molar-refractivity contribution in [2.75, 3.05) is 0 Å². The lowest BCUT2D eigenvalue weighted by Crippen LogP contribution is -2.07. The van der Waals surface area contributed by atoms with E-state index in [0.29, 0.717) is 5.56 Å². The molecule has 0 saturated carbocycles. The van der Waals surface area contributed by atoms with E-state index in [-0.39, 0.29) is 5.02 Å². The van der Waals surface area contributed by atoms with E-state index >= 15 is 0 Å². The van der Waals surface area contributed by atoms with Crippen LogP contribution in [0, 0.1) is 6.92 Å². The van der Waals surface area contributed by atoms with Gasteiger partial charge in [0.05, 0.1) is 5.02 Å². The maximum Gasteiger partial charge on any atom is 0.433 e. The maximum atomic E-state index is 12.0. The molecule has 1 rings (SSSR count). The highest BCUT2D eigenvalue weighted by atomic mass is 35.5. The van der Waals surface area contributed by atoms with Crippen molar-refractivity contribution in [3.63, 3.8) is 0 Å². The van der Waals surface area contributed by atoms with E-state index < -0.39 is 11.9 Å².